The summed E-state index contributed by atoms with van der Waals surface area (Å²) in [7, 11) is 0. The number of aliphatic hydroxyl groups excluding tert-OH is 1. The lowest BCUT2D eigenvalue weighted by molar-refractivity contribution is -0.0905. The zero-order chi connectivity index (χ0) is 22.6. The molecule has 2 fully saturated rings. The van der Waals surface area contributed by atoms with Gasteiger partial charge in [-0.1, -0.05) is 18.1 Å². The summed E-state index contributed by atoms with van der Waals surface area (Å²) in [5.74, 6) is -0.375. The van der Waals surface area contributed by atoms with Gasteiger partial charge in [0, 0.05) is 12.2 Å². The first-order valence-corrected chi connectivity index (χ1v) is 11.2. The predicted octanol–water partition coefficient (Wildman–Crippen LogP) is 2.30. The lowest BCUT2D eigenvalue weighted by atomic mass is 9.97. The second kappa shape index (κ2) is 9.93. The van der Waals surface area contributed by atoms with Crippen molar-refractivity contribution in [2.45, 2.75) is 75.3 Å². The Morgan fingerprint density at radius 3 is 2.72 bits per heavy atom. The minimum absolute atomic E-state index is 0.0763. The number of rotatable bonds is 7. The first-order chi connectivity index (χ1) is 15.4. The number of aryl methyl sites for hydroxylation is 1. The fraction of sp³-hybridized carbons (Fsp3) is 0.591. The molecule has 1 saturated heterocycles. The highest BCUT2D eigenvalue weighted by molar-refractivity contribution is 5.89. The number of aliphatic hydroxyl groups is 2. The lowest BCUT2D eigenvalue weighted by Gasteiger charge is -2.36. The van der Waals surface area contributed by atoms with Crippen LogP contribution in [0.25, 0.3) is 0 Å². The molecule has 3 atom stereocenters. The van der Waals surface area contributed by atoms with E-state index < -0.39 is 17.7 Å². The Morgan fingerprint density at radius 2 is 2.00 bits per heavy atom. The highest BCUT2D eigenvalue weighted by Gasteiger charge is 2.36. The van der Waals surface area contributed by atoms with E-state index >= 15 is 0 Å². The minimum atomic E-state index is -0.852. The summed E-state index contributed by atoms with van der Waals surface area (Å²) in [5.41, 5.74) is 0.257. The van der Waals surface area contributed by atoms with E-state index in [0.29, 0.717) is 30.8 Å². The number of halogens is 1. The van der Waals surface area contributed by atoms with E-state index in [1.54, 1.807) is 4.68 Å². The summed E-state index contributed by atoms with van der Waals surface area (Å²) in [6.45, 7) is 0.382. The number of ether oxygens (including phenoxy) is 1. The standard InChI is InChI=1S/C22H30FN5O4/c23-15-3-5-16(6-4-15)24-21(30)25-18-8-7-17(32-19(18)14-29)9-12-28-13-20(26-27-28)22(31)10-1-2-11-22/h3-6,13,17-19,29,31H,1-2,7-12,14H2,(H2,24,25,30)/t17-,18+,19+/m0/s1. The number of hydrogen-bond acceptors (Lipinski definition) is 6. The first-order valence-electron chi connectivity index (χ1n) is 11.2. The fourth-order valence-corrected chi connectivity index (χ4v) is 4.49. The van der Waals surface area contributed by atoms with Crippen LogP contribution in [0, 0.1) is 5.82 Å². The van der Waals surface area contributed by atoms with Crippen LogP contribution in [0.15, 0.2) is 30.5 Å². The summed E-state index contributed by atoms with van der Waals surface area (Å²) in [4.78, 5) is 12.3. The van der Waals surface area contributed by atoms with Crippen LogP contribution < -0.4 is 10.6 Å². The number of benzene rings is 1. The minimum Gasteiger partial charge on any atom is -0.394 e. The number of hydrogen-bond donors (Lipinski definition) is 4. The van der Waals surface area contributed by atoms with E-state index in [1.165, 1.54) is 24.3 Å². The van der Waals surface area contributed by atoms with Crippen molar-refractivity contribution in [3.63, 3.8) is 0 Å². The van der Waals surface area contributed by atoms with Gasteiger partial charge in [-0.25, -0.2) is 9.18 Å². The number of nitrogens with one attached hydrogen (secondary N) is 2. The van der Waals surface area contributed by atoms with Crippen molar-refractivity contribution in [1.82, 2.24) is 20.3 Å². The van der Waals surface area contributed by atoms with Crippen molar-refractivity contribution in [2.24, 2.45) is 0 Å². The van der Waals surface area contributed by atoms with Gasteiger partial charge in [-0.05, 0) is 56.4 Å². The zero-order valence-electron chi connectivity index (χ0n) is 17.9. The second-order valence-electron chi connectivity index (χ2n) is 8.66. The van der Waals surface area contributed by atoms with Gasteiger partial charge in [-0.3, -0.25) is 4.68 Å². The topological polar surface area (TPSA) is 122 Å². The van der Waals surface area contributed by atoms with Crippen LogP contribution in [0.3, 0.4) is 0 Å². The second-order valence-corrected chi connectivity index (χ2v) is 8.66. The molecule has 0 unspecified atom stereocenters. The molecule has 10 heteroatoms. The maximum atomic E-state index is 13.0. The molecule has 2 heterocycles. The van der Waals surface area contributed by atoms with E-state index in [1.807, 2.05) is 6.20 Å². The Kier molecular flexibility index (Phi) is 7.02. The average Bonchev–Trinajstić information content (AvgIpc) is 3.45. The third-order valence-electron chi connectivity index (χ3n) is 6.34. The Hall–Kier alpha value is -2.56. The van der Waals surface area contributed by atoms with E-state index in [0.717, 1.165) is 32.1 Å². The molecule has 0 radical (unpaired) electrons. The maximum Gasteiger partial charge on any atom is 0.319 e. The number of anilines is 1. The van der Waals surface area contributed by atoms with Crippen LogP contribution in [-0.4, -0.2) is 56.1 Å². The van der Waals surface area contributed by atoms with Crippen molar-refractivity contribution in [3.05, 3.63) is 42.0 Å². The number of urea groups is 1. The van der Waals surface area contributed by atoms with Gasteiger partial charge in [0.25, 0.3) is 0 Å². The molecule has 1 aliphatic carbocycles. The number of nitrogens with zero attached hydrogens (tertiary/aromatic N) is 3. The molecule has 1 aliphatic heterocycles. The van der Waals surface area contributed by atoms with Crippen LogP contribution in [-0.2, 0) is 16.9 Å². The number of carbonyl (C=O) groups is 1. The summed E-state index contributed by atoms with van der Waals surface area (Å²) >= 11 is 0. The van der Waals surface area contributed by atoms with Crippen molar-refractivity contribution < 1.29 is 24.1 Å². The fourth-order valence-electron chi connectivity index (χ4n) is 4.49. The van der Waals surface area contributed by atoms with Crippen LogP contribution in [0.1, 0.15) is 50.6 Å². The van der Waals surface area contributed by atoms with Gasteiger partial charge >= 0.3 is 6.03 Å². The molecule has 32 heavy (non-hydrogen) atoms. The average molecular weight is 448 g/mol. The molecule has 2 aromatic rings. The third kappa shape index (κ3) is 5.43. The molecule has 1 aromatic carbocycles. The van der Waals surface area contributed by atoms with Crippen LogP contribution in [0.4, 0.5) is 14.9 Å². The SMILES string of the molecule is O=C(Nc1ccc(F)cc1)N[C@@H]1CC[C@@H](CCn2cc(C3(O)CCCC3)nn2)O[C@@H]1CO. The predicted molar refractivity (Wildman–Crippen MR) is 114 cm³/mol. The van der Waals surface area contributed by atoms with Crippen molar-refractivity contribution in [3.8, 4) is 0 Å². The molecule has 174 valence electrons. The number of amides is 2. The van der Waals surface area contributed by atoms with Crippen molar-refractivity contribution in [1.29, 1.82) is 0 Å². The van der Waals surface area contributed by atoms with E-state index in [-0.39, 0.29) is 24.6 Å². The van der Waals surface area contributed by atoms with Gasteiger partial charge in [0.2, 0.25) is 0 Å². The van der Waals surface area contributed by atoms with Gasteiger partial charge in [-0.15, -0.1) is 5.10 Å². The molecule has 1 saturated carbocycles. The quantitative estimate of drug-likeness (QED) is 0.517. The maximum absolute atomic E-state index is 13.0. The monoisotopic (exact) mass is 447 g/mol. The van der Waals surface area contributed by atoms with Crippen LogP contribution in [0.2, 0.25) is 0 Å². The number of aromatic nitrogens is 3. The largest absolute Gasteiger partial charge is 0.394 e. The van der Waals surface area contributed by atoms with E-state index in [2.05, 4.69) is 20.9 Å². The smallest absolute Gasteiger partial charge is 0.319 e. The summed E-state index contributed by atoms with van der Waals surface area (Å²) in [5, 5.41) is 34.2. The van der Waals surface area contributed by atoms with E-state index in [4.69, 9.17) is 4.74 Å². The molecule has 2 amide bonds. The molecule has 1 aromatic heterocycles. The molecular weight excluding hydrogens is 417 g/mol. The Bertz CT molecular complexity index is 900. The van der Waals surface area contributed by atoms with Crippen molar-refractivity contribution >= 4 is 11.7 Å². The first kappa shape index (κ1) is 22.6. The third-order valence-corrected chi connectivity index (χ3v) is 6.34. The van der Waals surface area contributed by atoms with Crippen LogP contribution >= 0.6 is 0 Å². The molecule has 4 rings (SSSR count). The Morgan fingerprint density at radius 1 is 1.25 bits per heavy atom. The molecule has 0 bridgehead atoms. The van der Waals surface area contributed by atoms with Gasteiger partial charge in [0.05, 0.1) is 24.9 Å². The zero-order valence-corrected chi connectivity index (χ0v) is 17.9. The Labute approximate surface area is 186 Å². The highest BCUT2D eigenvalue weighted by atomic mass is 19.1. The summed E-state index contributed by atoms with van der Waals surface area (Å²) < 4.78 is 20.7. The normalized spacial score (nSPS) is 24.9. The summed E-state index contributed by atoms with van der Waals surface area (Å²) in [6, 6.07) is 4.74. The Balaban J connectivity index is 1.25. The van der Waals surface area contributed by atoms with Crippen molar-refractivity contribution in [2.75, 3.05) is 11.9 Å². The van der Waals surface area contributed by atoms with Crippen LogP contribution in [0.5, 0.6) is 0 Å². The molecule has 2 aliphatic rings. The molecule has 0 spiro atoms. The van der Waals surface area contributed by atoms with E-state index in [9.17, 15) is 19.4 Å². The summed E-state index contributed by atoms with van der Waals surface area (Å²) in [6.07, 6.45) is 6.73. The van der Waals surface area contributed by atoms with Gasteiger partial charge in [0.1, 0.15) is 23.2 Å². The van der Waals surface area contributed by atoms with Gasteiger partial charge in [-0.2, -0.15) is 0 Å². The van der Waals surface area contributed by atoms with Gasteiger partial charge < -0.3 is 25.6 Å². The highest BCUT2D eigenvalue weighted by Crippen LogP contribution is 2.37. The van der Waals surface area contributed by atoms with Gasteiger partial charge in [0.15, 0.2) is 0 Å². The molecule has 4 N–H and O–H groups in total. The number of carbonyl (C=O) groups excluding carboxylic acids is 1. The lowest BCUT2D eigenvalue weighted by Crippen LogP contribution is -2.52. The molecule has 9 nitrogen and oxygen atoms in total. The molecular formula is C22H30FN5O4.